The number of nitrogens with one attached hydrogen (secondary N) is 1. The second-order valence-corrected chi connectivity index (χ2v) is 6.55. The fraction of sp³-hybridized carbons (Fsp3) is 0.278. The average Bonchev–Trinajstić information content (AvgIpc) is 3.30. The summed E-state index contributed by atoms with van der Waals surface area (Å²) in [6.45, 7) is 3.88. The number of rotatable bonds is 5. The minimum atomic E-state index is 0.151. The first-order valence-electron chi connectivity index (χ1n) is 7.91. The lowest BCUT2D eigenvalue weighted by Crippen LogP contribution is -2.19. The molecule has 6 heteroatoms. The van der Waals surface area contributed by atoms with Crippen LogP contribution in [0, 0.1) is 0 Å². The Kier molecular flexibility index (Phi) is 4.23. The van der Waals surface area contributed by atoms with Gasteiger partial charge in [0.15, 0.2) is 17.3 Å². The van der Waals surface area contributed by atoms with E-state index in [9.17, 15) is 0 Å². The zero-order valence-corrected chi connectivity index (χ0v) is 14.1. The van der Waals surface area contributed by atoms with Crippen LogP contribution in [0.3, 0.4) is 0 Å². The number of hydrogen-bond acceptors (Lipinski definition) is 6. The SMILES string of the molecule is C[C@H](NCc1ncc(-c2cccs2)o1)c1ccc2c(c1)OCCO2. The maximum absolute atomic E-state index is 5.80. The number of hydrogen-bond donors (Lipinski definition) is 1. The second-order valence-electron chi connectivity index (χ2n) is 5.60. The highest BCUT2D eigenvalue weighted by Crippen LogP contribution is 2.32. The molecule has 124 valence electrons. The third-order valence-electron chi connectivity index (χ3n) is 3.94. The van der Waals surface area contributed by atoms with Crippen LogP contribution in [0.1, 0.15) is 24.4 Å². The molecule has 1 aliphatic rings. The fourth-order valence-electron chi connectivity index (χ4n) is 2.61. The molecule has 0 radical (unpaired) electrons. The molecule has 2 aromatic heterocycles. The summed E-state index contributed by atoms with van der Waals surface area (Å²) in [5.74, 6) is 3.12. The maximum atomic E-state index is 5.80. The van der Waals surface area contributed by atoms with Crippen molar-refractivity contribution < 1.29 is 13.9 Å². The van der Waals surface area contributed by atoms with E-state index in [-0.39, 0.29) is 6.04 Å². The molecule has 0 saturated heterocycles. The minimum Gasteiger partial charge on any atom is -0.486 e. The predicted molar refractivity (Wildman–Crippen MR) is 92.5 cm³/mol. The van der Waals surface area contributed by atoms with E-state index in [0.29, 0.717) is 25.6 Å². The monoisotopic (exact) mass is 342 g/mol. The molecular weight excluding hydrogens is 324 g/mol. The van der Waals surface area contributed by atoms with Crippen molar-refractivity contribution in [2.24, 2.45) is 0 Å². The highest BCUT2D eigenvalue weighted by molar-refractivity contribution is 7.13. The number of benzene rings is 1. The number of thiophene rings is 1. The Morgan fingerprint density at radius 3 is 2.92 bits per heavy atom. The molecule has 0 amide bonds. The minimum absolute atomic E-state index is 0.151. The summed E-state index contributed by atoms with van der Waals surface area (Å²) < 4.78 is 17.0. The summed E-state index contributed by atoms with van der Waals surface area (Å²) >= 11 is 1.64. The van der Waals surface area contributed by atoms with Gasteiger partial charge in [-0.2, -0.15) is 0 Å². The van der Waals surface area contributed by atoms with Crippen molar-refractivity contribution in [1.82, 2.24) is 10.3 Å². The molecule has 0 fully saturated rings. The van der Waals surface area contributed by atoms with Crippen molar-refractivity contribution in [2.45, 2.75) is 19.5 Å². The Labute approximate surface area is 144 Å². The van der Waals surface area contributed by atoms with E-state index in [1.807, 2.05) is 29.6 Å². The largest absolute Gasteiger partial charge is 0.486 e. The van der Waals surface area contributed by atoms with E-state index in [2.05, 4.69) is 23.3 Å². The fourth-order valence-corrected chi connectivity index (χ4v) is 3.28. The summed E-state index contributed by atoms with van der Waals surface area (Å²) in [7, 11) is 0. The Morgan fingerprint density at radius 1 is 1.21 bits per heavy atom. The van der Waals surface area contributed by atoms with E-state index < -0.39 is 0 Å². The predicted octanol–water partition coefficient (Wildman–Crippen LogP) is 4.03. The van der Waals surface area contributed by atoms with Crippen LogP contribution in [0.5, 0.6) is 11.5 Å². The Bertz CT molecular complexity index is 814. The van der Waals surface area contributed by atoms with Crippen LogP contribution in [0.15, 0.2) is 46.3 Å². The molecule has 0 spiro atoms. The van der Waals surface area contributed by atoms with Crippen molar-refractivity contribution >= 4 is 11.3 Å². The first-order chi connectivity index (χ1) is 11.8. The van der Waals surface area contributed by atoms with Crippen LogP contribution in [0.4, 0.5) is 0 Å². The van der Waals surface area contributed by atoms with E-state index in [0.717, 1.165) is 27.7 Å². The quantitative estimate of drug-likeness (QED) is 0.759. The molecule has 1 aromatic carbocycles. The highest BCUT2D eigenvalue weighted by Gasteiger charge is 2.15. The maximum Gasteiger partial charge on any atom is 0.208 e. The van der Waals surface area contributed by atoms with Gasteiger partial charge >= 0.3 is 0 Å². The van der Waals surface area contributed by atoms with Gasteiger partial charge in [-0.25, -0.2) is 4.98 Å². The molecule has 3 heterocycles. The number of nitrogens with zero attached hydrogens (tertiary/aromatic N) is 1. The van der Waals surface area contributed by atoms with Gasteiger partial charge in [0.1, 0.15) is 13.2 Å². The summed E-state index contributed by atoms with van der Waals surface area (Å²) in [4.78, 5) is 5.43. The first-order valence-corrected chi connectivity index (χ1v) is 8.79. The van der Waals surface area contributed by atoms with Gasteiger partial charge in [0, 0.05) is 6.04 Å². The summed E-state index contributed by atoms with van der Waals surface area (Å²) in [5, 5.41) is 5.46. The normalized spacial score (nSPS) is 14.5. The van der Waals surface area contributed by atoms with Crippen LogP contribution in [-0.4, -0.2) is 18.2 Å². The first kappa shape index (κ1) is 15.2. The summed E-state index contributed by atoms with van der Waals surface area (Å²) in [5.41, 5.74) is 1.14. The van der Waals surface area contributed by atoms with E-state index in [1.54, 1.807) is 17.5 Å². The molecule has 3 aromatic rings. The molecule has 24 heavy (non-hydrogen) atoms. The third-order valence-corrected chi connectivity index (χ3v) is 4.83. The number of oxazole rings is 1. The van der Waals surface area contributed by atoms with Crippen molar-refractivity contribution in [3.05, 3.63) is 53.4 Å². The summed E-state index contributed by atoms with van der Waals surface area (Å²) in [6, 6.07) is 10.2. The Morgan fingerprint density at radius 2 is 2.08 bits per heavy atom. The lowest BCUT2D eigenvalue weighted by molar-refractivity contribution is 0.171. The topological polar surface area (TPSA) is 56.5 Å². The van der Waals surface area contributed by atoms with Crippen LogP contribution in [-0.2, 0) is 6.54 Å². The molecule has 5 nitrogen and oxygen atoms in total. The van der Waals surface area contributed by atoms with E-state index >= 15 is 0 Å². The van der Waals surface area contributed by atoms with Crippen LogP contribution in [0.25, 0.3) is 10.6 Å². The summed E-state index contributed by atoms with van der Waals surface area (Å²) in [6.07, 6.45) is 1.78. The van der Waals surface area contributed by atoms with Crippen LogP contribution >= 0.6 is 11.3 Å². The zero-order chi connectivity index (χ0) is 16.4. The van der Waals surface area contributed by atoms with Gasteiger partial charge in [-0.15, -0.1) is 11.3 Å². The van der Waals surface area contributed by atoms with Gasteiger partial charge < -0.3 is 19.2 Å². The van der Waals surface area contributed by atoms with Crippen molar-refractivity contribution in [3.63, 3.8) is 0 Å². The lowest BCUT2D eigenvalue weighted by Gasteiger charge is -2.20. The molecule has 0 saturated carbocycles. The van der Waals surface area contributed by atoms with Crippen LogP contribution in [0.2, 0.25) is 0 Å². The molecule has 0 bridgehead atoms. The van der Waals surface area contributed by atoms with Crippen molar-refractivity contribution in [2.75, 3.05) is 13.2 Å². The van der Waals surface area contributed by atoms with Gasteiger partial charge in [-0.3, -0.25) is 0 Å². The van der Waals surface area contributed by atoms with Crippen molar-refractivity contribution in [3.8, 4) is 22.1 Å². The molecule has 1 atom stereocenters. The highest BCUT2D eigenvalue weighted by atomic mass is 32.1. The van der Waals surface area contributed by atoms with Gasteiger partial charge in [-0.05, 0) is 36.1 Å². The molecule has 1 aliphatic heterocycles. The number of fused-ring (bicyclic) bond motifs is 1. The molecular formula is C18H18N2O3S. The average molecular weight is 342 g/mol. The van der Waals surface area contributed by atoms with Gasteiger partial charge in [-0.1, -0.05) is 12.1 Å². The standard InChI is InChI=1S/C18H18N2O3S/c1-12(13-4-5-14-15(9-13)22-7-6-21-14)19-11-18-20-10-16(23-18)17-3-2-8-24-17/h2-5,8-10,12,19H,6-7,11H2,1H3/t12-/m0/s1. The lowest BCUT2D eigenvalue weighted by atomic mass is 10.1. The Balaban J connectivity index is 1.40. The zero-order valence-electron chi connectivity index (χ0n) is 13.3. The Hall–Kier alpha value is -2.31. The smallest absolute Gasteiger partial charge is 0.208 e. The second kappa shape index (κ2) is 6.67. The number of ether oxygens (including phenoxy) is 2. The number of aromatic nitrogens is 1. The molecule has 0 aliphatic carbocycles. The van der Waals surface area contributed by atoms with Gasteiger partial charge in [0.25, 0.3) is 0 Å². The van der Waals surface area contributed by atoms with Crippen molar-refractivity contribution in [1.29, 1.82) is 0 Å². The molecule has 0 unspecified atom stereocenters. The third kappa shape index (κ3) is 3.16. The molecule has 1 N–H and O–H groups in total. The molecule has 4 rings (SSSR count). The van der Waals surface area contributed by atoms with Gasteiger partial charge in [0.2, 0.25) is 5.89 Å². The van der Waals surface area contributed by atoms with Gasteiger partial charge in [0.05, 0.1) is 17.6 Å². The van der Waals surface area contributed by atoms with E-state index in [4.69, 9.17) is 13.9 Å². The van der Waals surface area contributed by atoms with E-state index in [1.165, 1.54) is 0 Å². The van der Waals surface area contributed by atoms with Crippen LogP contribution < -0.4 is 14.8 Å².